The van der Waals surface area contributed by atoms with Gasteiger partial charge in [-0.1, -0.05) is 36.8 Å². The number of amides is 1. The molecule has 0 aliphatic heterocycles. The lowest BCUT2D eigenvalue weighted by Gasteiger charge is -2.10. The molecule has 22 heavy (non-hydrogen) atoms. The van der Waals surface area contributed by atoms with Gasteiger partial charge in [-0.2, -0.15) is 0 Å². The largest absolute Gasteiger partial charge is 0.492 e. The summed E-state index contributed by atoms with van der Waals surface area (Å²) in [5.41, 5.74) is 4.09. The van der Waals surface area contributed by atoms with Crippen LogP contribution in [0.5, 0.6) is 5.75 Å². The number of rotatable bonds is 6. The monoisotopic (exact) mass is 297 g/mol. The quantitative estimate of drug-likeness (QED) is 0.826. The molecule has 0 heterocycles. The van der Waals surface area contributed by atoms with Crippen LogP contribution in [0.25, 0.3) is 0 Å². The van der Waals surface area contributed by atoms with E-state index in [-0.39, 0.29) is 5.91 Å². The van der Waals surface area contributed by atoms with Gasteiger partial charge >= 0.3 is 0 Å². The number of carbonyl (C=O) groups is 1. The summed E-state index contributed by atoms with van der Waals surface area (Å²) in [6, 6.07) is 13.9. The van der Waals surface area contributed by atoms with Crippen molar-refractivity contribution in [3.8, 4) is 5.75 Å². The fourth-order valence-corrected chi connectivity index (χ4v) is 2.23. The normalized spacial score (nSPS) is 10.3. The number of benzene rings is 2. The minimum absolute atomic E-state index is 0.0499. The Bertz CT molecular complexity index is 632. The number of aryl methyl sites for hydroxylation is 3. The van der Waals surface area contributed by atoms with E-state index in [0.29, 0.717) is 13.2 Å². The van der Waals surface area contributed by atoms with Crippen LogP contribution >= 0.6 is 0 Å². The summed E-state index contributed by atoms with van der Waals surface area (Å²) in [7, 11) is 0. The Morgan fingerprint density at radius 2 is 1.82 bits per heavy atom. The third-order valence-corrected chi connectivity index (χ3v) is 3.63. The number of hydrogen-bond acceptors (Lipinski definition) is 2. The summed E-state index contributed by atoms with van der Waals surface area (Å²) in [6.45, 7) is 7.00. The van der Waals surface area contributed by atoms with Gasteiger partial charge in [0.05, 0.1) is 6.54 Å². The van der Waals surface area contributed by atoms with Crippen LogP contribution in [0.1, 0.15) is 34.0 Å². The molecule has 1 amide bonds. The van der Waals surface area contributed by atoms with Gasteiger partial charge in [-0.15, -0.1) is 0 Å². The second kappa shape index (κ2) is 7.64. The van der Waals surface area contributed by atoms with Crippen molar-refractivity contribution in [2.45, 2.75) is 27.2 Å². The van der Waals surface area contributed by atoms with Crippen LogP contribution in [-0.4, -0.2) is 19.1 Å². The molecule has 0 spiro atoms. The summed E-state index contributed by atoms with van der Waals surface area (Å²) >= 11 is 0. The van der Waals surface area contributed by atoms with Crippen molar-refractivity contribution in [2.24, 2.45) is 0 Å². The summed E-state index contributed by atoms with van der Waals surface area (Å²) in [5.74, 6) is 0.782. The van der Waals surface area contributed by atoms with Crippen LogP contribution in [-0.2, 0) is 6.42 Å². The first kappa shape index (κ1) is 16.1. The van der Waals surface area contributed by atoms with Crippen LogP contribution in [0.3, 0.4) is 0 Å². The summed E-state index contributed by atoms with van der Waals surface area (Å²) in [6.07, 6.45) is 1.02. The van der Waals surface area contributed by atoms with E-state index in [1.165, 1.54) is 5.56 Å². The van der Waals surface area contributed by atoms with Gasteiger partial charge in [0.15, 0.2) is 0 Å². The summed E-state index contributed by atoms with van der Waals surface area (Å²) in [5, 5.41) is 2.90. The van der Waals surface area contributed by atoms with Crippen LogP contribution < -0.4 is 10.1 Å². The van der Waals surface area contributed by atoms with Gasteiger partial charge in [0.2, 0.25) is 0 Å². The van der Waals surface area contributed by atoms with Gasteiger partial charge in [0, 0.05) is 5.56 Å². The topological polar surface area (TPSA) is 38.3 Å². The second-order valence-electron chi connectivity index (χ2n) is 5.42. The molecular weight excluding hydrogens is 274 g/mol. The first-order valence-electron chi connectivity index (χ1n) is 7.67. The molecule has 2 aromatic carbocycles. The molecule has 116 valence electrons. The molecule has 0 unspecified atom stereocenters. The molecule has 0 aliphatic rings. The van der Waals surface area contributed by atoms with E-state index >= 15 is 0 Å². The average Bonchev–Trinajstić information content (AvgIpc) is 2.54. The van der Waals surface area contributed by atoms with Gasteiger partial charge < -0.3 is 10.1 Å². The Hall–Kier alpha value is -2.29. The Kier molecular flexibility index (Phi) is 5.59. The highest BCUT2D eigenvalue weighted by atomic mass is 16.5. The molecule has 1 N–H and O–H groups in total. The molecule has 2 aromatic rings. The first-order valence-corrected chi connectivity index (χ1v) is 7.67. The van der Waals surface area contributed by atoms with Crippen LogP contribution in [0.15, 0.2) is 42.5 Å². The van der Waals surface area contributed by atoms with Crippen molar-refractivity contribution in [3.63, 3.8) is 0 Å². The van der Waals surface area contributed by atoms with E-state index in [0.717, 1.165) is 28.9 Å². The lowest BCUT2D eigenvalue weighted by atomic mass is 10.1. The maximum atomic E-state index is 12.1. The standard InChI is InChI=1S/C19H23NO2/c1-4-16-7-9-17(10-8-16)22-12-11-20-19(21)18-13-14(2)5-6-15(18)3/h5-10,13H,4,11-12H2,1-3H3,(H,20,21). The Morgan fingerprint density at radius 1 is 1.09 bits per heavy atom. The maximum absolute atomic E-state index is 12.1. The van der Waals surface area contributed by atoms with E-state index in [1.807, 2.05) is 44.2 Å². The van der Waals surface area contributed by atoms with Gasteiger partial charge in [-0.05, 0) is 49.6 Å². The summed E-state index contributed by atoms with van der Waals surface area (Å²) in [4.78, 5) is 12.1. The SMILES string of the molecule is CCc1ccc(OCCNC(=O)c2cc(C)ccc2C)cc1. The first-order chi connectivity index (χ1) is 10.6. The van der Waals surface area contributed by atoms with Crippen molar-refractivity contribution >= 4 is 5.91 Å². The average molecular weight is 297 g/mol. The van der Waals surface area contributed by atoms with E-state index < -0.39 is 0 Å². The lowest BCUT2D eigenvalue weighted by Crippen LogP contribution is -2.28. The fourth-order valence-electron chi connectivity index (χ4n) is 2.23. The molecular formula is C19H23NO2. The molecule has 3 heteroatoms. The molecule has 0 saturated heterocycles. The van der Waals surface area contributed by atoms with Crippen molar-refractivity contribution in [1.82, 2.24) is 5.32 Å². The number of nitrogens with one attached hydrogen (secondary N) is 1. The number of carbonyl (C=O) groups excluding carboxylic acids is 1. The zero-order valence-corrected chi connectivity index (χ0v) is 13.5. The molecule has 2 rings (SSSR count). The minimum Gasteiger partial charge on any atom is -0.492 e. The molecule has 0 bridgehead atoms. The Morgan fingerprint density at radius 3 is 2.50 bits per heavy atom. The van der Waals surface area contributed by atoms with E-state index in [9.17, 15) is 4.79 Å². The molecule has 0 saturated carbocycles. The van der Waals surface area contributed by atoms with Crippen molar-refractivity contribution < 1.29 is 9.53 Å². The molecule has 0 aliphatic carbocycles. The maximum Gasteiger partial charge on any atom is 0.251 e. The van der Waals surface area contributed by atoms with Gasteiger partial charge in [0.1, 0.15) is 12.4 Å². The van der Waals surface area contributed by atoms with Crippen LogP contribution in [0, 0.1) is 13.8 Å². The number of hydrogen-bond donors (Lipinski definition) is 1. The predicted molar refractivity (Wildman–Crippen MR) is 89.6 cm³/mol. The highest BCUT2D eigenvalue weighted by Gasteiger charge is 2.08. The van der Waals surface area contributed by atoms with Gasteiger partial charge in [-0.3, -0.25) is 4.79 Å². The van der Waals surface area contributed by atoms with E-state index in [1.54, 1.807) is 0 Å². The molecule has 0 atom stereocenters. The Labute approximate surface area is 132 Å². The zero-order chi connectivity index (χ0) is 15.9. The van der Waals surface area contributed by atoms with Gasteiger partial charge in [-0.25, -0.2) is 0 Å². The van der Waals surface area contributed by atoms with E-state index in [2.05, 4.69) is 24.4 Å². The highest BCUT2D eigenvalue weighted by molar-refractivity contribution is 5.95. The summed E-state index contributed by atoms with van der Waals surface area (Å²) < 4.78 is 5.63. The number of ether oxygens (including phenoxy) is 1. The van der Waals surface area contributed by atoms with Crippen molar-refractivity contribution in [2.75, 3.05) is 13.2 Å². The van der Waals surface area contributed by atoms with E-state index in [4.69, 9.17) is 4.74 Å². The fraction of sp³-hybridized carbons (Fsp3) is 0.316. The van der Waals surface area contributed by atoms with Crippen LogP contribution in [0.4, 0.5) is 0 Å². The molecule has 3 nitrogen and oxygen atoms in total. The minimum atomic E-state index is -0.0499. The van der Waals surface area contributed by atoms with Crippen molar-refractivity contribution in [1.29, 1.82) is 0 Å². The molecule has 0 radical (unpaired) electrons. The van der Waals surface area contributed by atoms with Gasteiger partial charge in [0.25, 0.3) is 5.91 Å². The predicted octanol–water partition coefficient (Wildman–Crippen LogP) is 3.67. The van der Waals surface area contributed by atoms with Crippen LogP contribution in [0.2, 0.25) is 0 Å². The third kappa shape index (κ3) is 4.35. The molecule has 0 fully saturated rings. The second-order valence-corrected chi connectivity index (χ2v) is 5.42. The lowest BCUT2D eigenvalue weighted by molar-refractivity contribution is 0.0946. The third-order valence-electron chi connectivity index (χ3n) is 3.63. The molecule has 0 aromatic heterocycles. The Balaban J connectivity index is 1.80. The smallest absolute Gasteiger partial charge is 0.251 e. The van der Waals surface area contributed by atoms with Crippen molar-refractivity contribution in [3.05, 3.63) is 64.7 Å². The zero-order valence-electron chi connectivity index (χ0n) is 13.5. The highest BCUT2D eigenvalue weighted by Crippen LogP contribution is 2.12.